The normalized spacial score (nSPS) is 12.6. The lowest BCUT2D eigenvalue weighted by atomic mass is 9.85. The van der Waals surface area contributed by atoms with E-state index in [1.807, 2.05) is 42.5 Å². The van der Waals surface area contributed by atoms with E-state index in [1.165, 1.54) is 22.3 Å². The Hall–Kier alpha value is -4.68. The summed E-state index contributed by atoms with van der Waals surface area (Å²) >= 11 is 0. The molecule has 34 heavy (non-hydrogen) atoms. The van der Waals surface area contributed by atoms with Gasteiger partial charge >= 0.3 is 0 Å². The molecule has 6 aromatic rings. The lowest BCUT2D eigenvalue weighted by molar-refractivity contribution is 0.662. The number of nitrogens with zero attached hydrogens (tertiary/aromatic N) is 2. The predicted molar refractivity (Wildman–Crippen MR) is 134 cm³/mol. The van der Waals surface area contributed by atoms with Crippen LogP contribution in [0, 0.1) is 11.3 Å². The van der Waals surface area contributed by atoms with Gasteiger partial charge in [-0.15, -0.1) is 0 Å². The molecular formula is C31H18N2O. The average Bonchev–Trinajstić information content (AvgIpc) is 3.44. The second kappa shape index (κ2) is 7.16. The minimum Gasteiger partial charge on any atom is -0.455 e. The van der Waals surface area contributed by atoms with E-state index in [1.54, 1.807) is 6.20 Å². The third kappa shape index (κ3) is 2.54. The highest BCUT2D eigenvalue weighted by molar-refractivity contribution is 6.11. The molecule has 7 rings (SSSR count). The van der Waals surface area contributed by atoms with Crippen LogP contribution in [0.1, 0.15) is 28.2 Å². The Morgan fingerprint density at radius 1 is 0.647 bits per heavy atom. The first-order valence-corrected chi connectivity index (χ1v) is 11.3. The van der Waals surface area contributed by atoms with E-state index in [9.17, 15) is 5.26 Å². The molecule has 3 heteroatoms. The number of aromatic nitrogens is 1. The van der Waals surface area contributed by atoms with Crippen molar-refractivity contribution in [2.45, 2.75) is 5.92 Å². The van der Waals surface area contributed by atoms with Crippen molar-refractivity contribution in [2.24, 2.45) is 0 Å². The van der Waals surface area contributed by atoms with Gasteiger partial charge in [-0.1, -0.05) is 66.7 Å². The summed E-state index contributed by atoms with van der Waals surface area (Å²) in [7, 11) is 0. The van der Waals surface area contributed by atoms with Gasteiger partial charge < -0.3 is 4.42 Å². The van der Waals surface area contributed by atoms with Crippen LogP contribution in [0.5, 0.6) is 0 Å². The molecule has 4 aromatic carbocycles. The fraction of sp³-hybridized carbons (Fsp3) is 0.0323. The third-order valence-electron chi connectivity index (χ3n) is 6.89. The van der Waals surface area contributed by atoms with E-state index in [0.29, 0.717) is 5.56 Å². The number of hydrogen-bond donors (Lipinski definition) is 0. The first-order chi connectivity index (χ1) is 16.8. The molecule has 0 aliphatic heterocycles. The van der Waals surface area contributed by atoms with Gasteiger partial charge in [-0.2, -0.15) is 5.26 Å². The molecule has 0 radical (unpaired) electrons. The van der Waals surface area contributed by atoms with E-state index < -0.39 is 0 Å². The molecular weight excluding hydrogens is 416 g/mol. The van der Waals surface area contributed by atoms with Crippen LogP contribution in [0.15, 0.2) is 108 Å². The van der Waals surface area contributed by atoms with Crippen LogP contribution in [-0.4, -0.2) is 4.98 Å². The molecule has 0 saturated heterocycles. The highest BCUT2D eigenvalue weighted by atomic mass is 16.3. The lowest BCUT2D eigenvalue weighted by Crippen LogP contribution is -2.02. The second-order valence-corrected chi connectivity index (χ2v) is 8.62. The predicted octanol–water partition coefficient (Wildman–Crippen LogP) is 7.68. The summed E-state index contributed by atoms with van der Waals surface area (Å²) in [6.07, 6.45) is 1.79. The zero-order valence-corrected chi connectivity index (χ0v) is 18.2. The van der Waals surface area contributed by atoms with E-state index in [2.05, 4.69) is 65.7 Å². The average molecular weight is 434 g/mol. The molecule has 0 amide bonds. The number of benzene rings is 4. The smallest absolute Gasteiger partial charge is 0.144 e. The lowest BCUT2D eigenvalue weighted by Gasteiger charge is -2.16. The standard InChI is InChI=1S/C31H18N2O/c32-18-19-15-16-25-24-12-7-13-26(27-14-5-6-17-33-27)30(24)34-31(25)28(19)29-22-10-3-1-8-20(22)21-9-2-4-11-23(21)29/h1-17,29H. The number of furan rings is 1. The Bertz CT molecular complexity index is 1730. The van der Waals surface area contributed by atoms with E-state index in [4.69, 9.17) is 4.42 Å². The van der Waals surface area contributed by atoms with Crippen molar-refractivity contribution in [2.75, 3.05) is 0 Å². The van der Waals surface area contributed by atoms with Crippen LogP contribution >= 0.6 is 0 Å². The first kappa shape index (κ1) is 18.8. The van der Waals surface area contributed by atoms with Crippen molar-refractivity contribution in [3.8, 4) is 28.5 Å². The van der Waals surface area contributed by atoms with Gasteiger partial charge in [0.05, 0.1) is 17.3 Å². The summed E-state index contributed by atoms with van der Waals surface area (Å²) in [5.74, 6) is -0.0652. The SMILES string of the molecule is N#Cc1ccc2c(oc3c(-c4ccccn4)cccc32)c1C1c2ccccc2-c2ccccc21. The second-order valence-electron chi connectivity index (χ2n) is 8.62. The molecule has 0 saturated carbocycles. The van der Waals surface area contributed by atoms with Crippen molar-refractivity contribution in [1.82, 2.24) is 4.98 Å². The Morgan fingerprint density at radius 3 is 2.03 bits per heavy atom. The Kier molecular flexibility index (Phi) is 3.97. The molecule has 158 valence electrons. The zero-order chi connectivity index (χ0) is 22.6. The number of rotatable bonds is 2. The molecule has 0 atom stereocenters. The van der Waals surface area contributed by atoms with Crippen molar-refractivity contribution >= 4 is 21.9 Å². The van der Waals surface area contributed by atoms with Gasteiger partial charge in [0.25, 0.3) is 0 Å². The van der Waals surface area contributed by atoms with Crippen molar-refractivity contribution in [3.05, 3.63) is 126 Å². The zero-order valence-electron chi connectivity index (χ0n) is 18.2. The molecule has 0 bridgehead atoms. The molecule has 1 aliphatic rings. The fourth-order valence-electron chi connectivity index (χ4n) is 5.46. The molecule has 0 unspecified atom stereocenters. The topological polar surface area (TPSA) is 49.8 Å². The Morgan fingerprint density at radius 2 is 1.32 bits per heavy atom. The molecule has 0 fully saturated rings. The third-order valence-corrected chi connectivity index (χ3v) is 6.89. The van der Waals surface area contributed by atoms with E-state index >= 15 is 0 Å². The van der Waals surface area contributed by atoms with E-state index in [0.717, 1.165) is 38.8 Å². The fourth-order valence-corrected chi connectivity index (χ4v) is 5.46. The number of pyridine rings is 1. The number of nitriles is 1. The summed E-state index contributed by atoms with van der Waals surface area (Å²) < 4.78 is 6.66. The number of para-hydroxylation sites is 1. The number of fused-ring (bicyclic) bond motifs is 6. The summed E-state index contributed by atoms with van der Waals surface area (Å²) in [5.41, 5.74) is 9.81. The Labute approximate surface area is 196 Å². The molecule has 2 aromatic heterocycles. The first-order valence-electron chi connectivity index (χ1n) is 11.3. The van der Waals surface area contributed by atoms with Gasteiger partial charge in [-0.05, 0) is 52.6 Å². The van der Waals surface area contributed by atoms with Crippen LogP contribution in [0.4, 0.5) is 0 Å². The van der Waals surface area contributed by atoms with Gasteiger partial charge in [0, 0.05) is 34.0 Å². The molecule has 0 N–H and O–H groups in total. The number of hydrogen-bond acceptors (Lipinski definition) is 3. The maximum absolute atomic E-state index is 10.1. The van der Waals surface area contributed by atoms with Gasteiger partial charge in [-0.25, -0.2) is 0 Å². The van der Waals surface area contributed by atoms with Gasteiger partial charge in [0.1, 0.15) is 11.2 Å². The van der Waals surface area contributed by atoms with Gasteiger partial charge in [0.2, 0.25) is 0 Å². The van der Waals surface area contributed by atoms with Crippen LogP contribution in [-0.2, 0) is 0 Å². The maximum Gasteiger partial charge on any atom is 0.144 e. The molecule has 0 spiro atoms. The largest absolute Gasteiger partial charge is 0.455 e. The van der Waals surface area contributed by atoms with E-state index in [-0.39, 0.29) is 5.92 Å². The minimum absolute atomic E-state index is 0.0652. The van der Waals surface area contributed by atoms with Gasteiger partial charge in [0.15, 0.2) is 0 Å². The molecule has 3 nitrogen and oxygen atoms in total. The minimum atomic E-state index is -0.0652. The van der Waals surface area contributed by atoms with Crippen molar-refractivity contribution in [3.63, 3.8) is 0 Å². The summed E-state index contributed by atoms with van der Waals surface area (Å²) in [4.78, 5) is 4.55. The van der Waals surface area contributed by atoms with Crippen molar-refractivity contribution < 1.29 is 4.42 Å². The van der Waals surface area contributed by atoms with Crippen LogP contribution in [0.2, 0.25) is 0 Å². The highest BCUT2D eigenvalue weighted by Gasteiger charge is 2.33. The monoisotopic (exact) mass is 434 g/mol. The quantitative estimate of drug-likeness (QED) is 0.280. The maximum atomic E-state index is 10.1. The van der Waals surface area contributed by atoms with Crippen molar-refractivity contribution in [1.29, 1.82) is 5.26 Å². The Balaban J connectivity index is 1.59. The summed E-state index contributed by atoms with van der Waals surface area (Å²) in [6, 6.07) is 35.4. The molecule has 1 aliphatic carbocycles. The van der Waals surface area contributed by atoms with Crippen LogP contribution in [0.25, 0.3) is 44.3 Å². The highest BCUT2D eigenvalue weighted by Crippen LogP contribution is 2.51. The summed E-state index contributed by atoms with van der Waals surface area (Å²) in [5, 5.41) is 12.2. The van der Waals surface area contributed by atoms with Crippen LogP contribution in [0.3, 0.4) is 0 Å². The molecule has 2 heterocycles. The summed E-state index contributed by atoms with van der Waals surface area (Å²) in [6.45, 7) is 0. The van der Waals surface area contributed by atoms with Gasteiger partial charge in [-0.3, -0.25) is 4.98 Å². The van der Waals surface area contributed by atoms with Crippen LogP contribution < -0.4 is 0 Å².